The first kappa shape index (κ1) is 9.17. The molecule has 0 fully saturated rings. The van der Waals surface area contributed by atoms with Crippen molar-refractivity contribution in [2.24, 2.45) is 0 Å². The molecule has 16 heavy (non-hydrogen) atoms. The lowest BCUT2D eigenvalue weighted by Gasteiger charge is -2.02. The summed E-state index contributed by atoms with van der Waals surface area (Å²) in [7, 11) is 0. The van der Waals surface area contributed by atoms with Gasteiger partial charge < -0.3 is 0 Å². The highest BCUT2D eigenvalue weighted by Gasteiger charge is 1.98. The molecular weight excluding hydrogens is 192 g/mol. The summed E-state index contributed by atoms with van der Waals surface area (Å²) in [5, 5.41) is 2.37. The van der Waals surface area contributed by atoms with Gasteiger partial charge in [0.1, 0.15) is 0 Å². The highest BCUT2D eigenvalue weighted by atomic mass is 14.0. The standard InChI is InChI=1S/C16H10/c1-2-6-13(7-3-1)16-11-10-14-8-4-5-9-15(14)12-16/h1-6,8-11H. The van der Waals surface area contributed by atoms with Gasteiger partial charge in [-0.1, -0.05) is 60.7 Å². The summed E-state index contributed by atoms with van der Waals surface area (Å²) < 4.78 is 0. The van der Waals surface area contributed by atoms with Crippen molar-refractivity contribution < 1.29 is 0 Å². The minimum absolute atomic E-state index is 1.09. The highest BCUT2D eigenvalue weighted by Crippen LogP contribution is 2.22. The van der Waals surface area contributed by atoms with Crippen LogP contribution in [-0.2, 0) is 0 Å². The molecule has 0 atom stereocenters. The van der Waals surface area contributed by atoms with E-state index < -0.39 is 0 Å². The lowest BCUT2D eigenvalue weighted by Crippen LogP contribution is -1.79. The summed E-state index contributed by atoms with van der Waals surface area (Å²) in [5.41, 5.74) is 2.19. The molecule has 0 spiro atoms. The number of rotatable bonds is 1. The Bertz CT molecular complexity index is 609. The number of hydrogen-bond donors (Lipinski definition) is 0. The molecule has 0 heteroatoms. The molecule has 3 aromatic carbocycles. The molecule has 0 aliphatic heterocycles. The van der Waals surface area contributed by atoms with E-state index in [1.54, 1.807) is 0 Å². The third-order valence-corrected chi connectivity index (χ3v) is 2.66. The maximum absolute atomic E-state index is 3.41. The van der Waals surface area contributed by atoms with Crippen LogP contribution in [0.5, 0.6) is 0 Å². The molecule has 2 radical (unpaired) electrons. The SMILES string of the molecule is [c]1ccccc1-c1[c]c2ccccc2cc1. The summed E-state index contributed by atoms with van der Waals surface area (Å²) in [6, 6.07) is 27.1. The average Bonchev–Trinajstić information content (AvgIpc) is 2.39. The Morgan fingerprint density at radius 1 is 0.688 bits per heavy atom. The second-order valence-electron chi connectivity index (χ2n) is 3.74. The zero-order chi connectivity index (χ0) is 10.8. The van der Waals surface area contributed by atoms with E-state index in [9.17, 15) is 0 Å². The monoisotopic (exact) mass is 202 g/mol. The summed E-state index contributed by atoms with van der Waals surface area (Å²) in [5.74, 6) is 0. The zero-order valence-electron chi connectivity index (χ0n) is 8.77. The summed E-state index contributed by atoms with van der Waals surface area (Å²) >= 11 is 0. The van der Waals surface area contributed by atoms with Gasteiger partial charge in [-0.3, -0.25) is 0 Å². The molecule has 0 saturated heterocycles. The molecule has 0 aromatic heterocycles. The van der Waals surface area contributed by atoms with E-state index in [2.05, 4.69) is 42.5 Å². The zero-order valence-corrected chi connectivity index (χ0v) is 8.77. The summed E-state index contributed by atoms with van der Waals surface area (Å²) in [4.78, 5) is 0. The van der Waals surface area contributed by atoms with Gasteiger partial charge in [0.15, 0.2) is 0 Å². The van der Waals surface area contributed by atoms with Crippen LogP contribution < -0.4 is 0 Å². The van der Waals surface area contributed by atoms with Crippen LogP contribution in [0.1, 0.15) is 0 Å². The molecule has 0 amide bonds. The second-order valence-corrected chi connectivity index (χ2v) is 3.74. The van der Waals surface area contributed by atoms with Crippen LogP contribution in [0.3, 0.4) is 0 Å². The van der Waals surface area contributed by atoms with Gasteiger partial charge in [0.05, 0.1) is 0 Å². The van der Waals surface area contributed by atoms with Crippen LogP contribution in [-0.4, -0.2) is 0 Å². The molecule has 0 saturated carbocycles. The Kier molecular flexibility index (Phi) is 2.19. The maximum atomic E-state index is 3.41. The van der Waals surface area contributed by atoms with Gasteiger partial charge in [-0.15, -0.1) is 0 Å². The highest BCUT2D eigenvalue weighted by molar-refractivity contribution is 5.86. The Balaban J connectivity index is 2.19. The van der Waals surface area contributed by atoms with E-state index in [1.165, 1.54) is 5.39 Å². The normalized spacial score (nSPS) is 10.5. The van der Waals surface area contributed by atoms with Gasteiger partial charge in [0.25, 0.3) is 0 Å². The molecule has 3 aromatic rings. The van der Waals surface area contributed by atoms with Crippen molar-refractivity contribution >= 4 is 10.8 Å². The van der Waals surface area contributed by atoms with Crippen LogP contribution >= 0.6 is 0 Å². The van der Waals surface area contributed by atoms with E-state index in [0.29, 0.717) is 0 Å². The van der Waals surface area contributed by atoms with Gasteiger partial charge >= 0.3 is 0 Å². The smallest absolute Gasteiger partial charge is 0.00141 e. The maximum Gasteiger partial charge on any atom is -0.00141 e. The molecule has 0 aliphatic rings. The van der Waals surface area contributed by atoms with Crippen molar-refractivity contribution in [1.82, 2.24) is 0 Å². The van der Waals surface area contributed by atoms with E-state index >= 15 is 0 Å². The van der Waals surface area contributed by atoms with Gasteiger partial charge in [-0.2, -0.15) is 0 Å². The molecule has 0 unspecified atom stereocenters. The number of hydrogen-bond acceptors (Lipinski definition) is 0. The van der Waals surface area contributed by atoms with Crippen molar-refractivity contribution in [2.45, 2.75) is 0 Å². The van der Waals surface area contributed by atoms with Gasteiger partial charge in [0.2, 0.25) is 0 Å². The molecule has 74 valence electrons. The fourth-order valence-corrected chi connectivity index (χ4v) is 1.83. The van der Waals surface area contributed by atoms with E-state index in [-0.39, 0.29) is 0 Å². The van der Waals surface area contributed by atoms with Crippen molar-refractivity contribution in [1.29, 1.82) is 0 Å². The van der Waals surface area contributed by atoms with Crippen LogP contribution in [0.4, 0.5) is 0 Å². The van der Waals surface area contributed by atoms with Crippen LogP contribution in [0.25, 0.3) is 21.9 Å². The first-order valence-electron chi connectivity index (χ1n) is 5.32. The predicted octanol–water partition coefficient (Wildman–Crippen LogP) is 4.11. The Labute approximate surface area is 95.2 Å². The van der Waals surface area contributed by atoms with Gasteiger partial charge in [-0.25, -0.2) is 0 Å². The fourth-order valence-electron chi connectivity index (χ4n) is 1.83. The topological polar surface area (TPSA) is 0 Å². The van der Waals surface area contributed by atoms with Gasteiger partial charge in [-0.05, 0) is 34.0 Å². The largest absolute Gasteiger partial charge is 0.0616 e. The van der Waals surface area contributed by atoms with E-state index in [1.807, 2.05) is 30.3 Å². The Hall–Kier alpha value is -2.08. The van der Waals surface area contributed by atoms with Crippen molar-refractivity contribution in [3.8, 4) is 11.1 Å². The first-order valence-corrected chi connectivity index (χ1v) is 5.32. The lowest BCUT2D eigenvalue weighted by molar-refractivity contribution is 1.62. The van der Waals surface area contributed by atoms with Crippen molar-refractivity contribution in [2.75, 3.05) is 0 Å². The lowest BCUT2D eigenvalue weighted by atomic mass is 10.0. The number of fused-ring (bicyclic) bond motifs is 1. The van der Waals surface area contributed by atoms with E-state index in [4.69, 9.17) is 0 Å². The fraction of sp³-hybridized carbons (Fsp3) is 0. The average molecular weight is 202 g/mol. The van der Waals surface area contributed by atoms with E-state index in [0.717, 1.165) is 16.5 Å². The third kappa shape index (κ3) is 1.59. The van der Waals surface area contributed by atoms with Crippen LogP contribution in [0.2, 0.25) is 0 Å². The predicted molar refractivity (Wildman–Crippen MR) is 67.1 cm³/mol. The molecular formula is C16H10. The van der Waals surface area contributed by atoms with Crippen molar-refractivity contribution in [3.63, 3.8) is 0 Å². The van der Waals surface area contributed by atoms with Crippen LogP contribution in [0.15, 0.2) is 60.7 Å². The molecule has 0 heterocycles. The quantitative estimate of drug-likeness (QED) is 0.557. The molecule has 0 bridgehead atoms. The Morgan fingerprint density at radius 3 is 2.44 bits per heavy atom. The minimum Gasteiger partial charge on any atom is -0.0616 e. The summed E-state index contributed by atoms with van der Waals surface area (Å²) in [6.45, 7) is 0. The molecule has 0 nitrogen and oxygen atoms in total. The molecule has 3 rings (SSSR count). The van der Waals surface area contributed by atoms with Crippen LogP contribution in [0, 0.1) is 12.1 Å². The molecule has 0 N–H and O–H groups in total. The first-order chi connectivity index (χ1) is 7.93. The number of benzene rings is 3. The summed E-state index contributed by atoms with van der Waals surface area (Å²) in [6.07, 6.45) is 0. The third-order valence-electron chi connectivity index (χ3n) is 2.66. The minimum atomic E-state index is 1.09. The molecule has 0 aliphatic carbocycles. The van der Waals surface area contributed by atoms with Gasteiger partial charge in [0, 0.05) is 0 Å². The van der Waals surface area contributed by atoms with Crippen molar-refractivity contribution in [3.05, 3.63) is 72.8 Å². The Morgan fingerprint density at radius 2 is 1.56 bits per heavy atom. The second kappa shape index (κ2) is 3.82.